The summed E-state index contributed by atoms with van der Waals surface area (Å²) in [4.78, 5) is 9.36. The molecule has 0 radical (unpaired) electrons. The Morgan fingerprint density at radius 1 is 1.21 bits per heavy atom. The maximum atomic E-state index is 6.06. The van der Waals surface area contributed by atoms with E-state index in [2.05, 4.69) is 48.3 Å². The highest BCUT2D eigenvalue weighted by Crippen LogP contribution is 2.36. The number of hydrogen-bond acceptors (Lipinski definition) is 3. The van der Waals surface area contributed by atoms with Gasteiger partial charge in [-0.1, -0.05) is 27.2 Å². The summed E-state index contributed by atoms with van der Waals surface area (Å²) >= 11 is 2.27. The summed E-state index contributed by atoms with van der Waals surface area (Å²) in [5.74, 6) is 3.47. The molecule has 3 nitrogen and oxygen atoms in total. The molecule has 0 aliphatic heterocycles. The van der Waals surface area contributed by atoms with E-state index in [1.165, 1.54) is 32.1 Å². The molecule has 106 valence electrons. The quantitative estimate of drug-likeness (QED) is 0.796. The van der Waals surface area contributed by atoms with Crippen LogP contribution < -0.4 is 5.73 Å². The number of nitrogen functional groups attached to an aromatic ring is 1. The van der Waals surface area contributed by atoms with Crippen molar-refractivity contribution in [2.24, 2.45) is 5.92 Å². The lowest BCUT2D eigenvalue weighted by molar-refractivity contribution is 0.312. The molecule has 0 bridgehead atoms. The largest absolute Gasteiger partial charge is 0.383 e. The van der Waals surface area contributed by atoms with E-state index >= 15 is 0 Å². The summed E-state index contributed by atoms with van der Waals surface area (Å²) in [5, 5.41) is 0. The van der Waals surface area contributed by atoms with Crippen molar-refractivity contribution >= 4 is 28.4 Å². The van der Waals surface area contributed by atoms with E-state index in [-0.39, 0.29) is 0 Å². The van der Waals surface area contributed by atoms with Crippen molar-refractivity contribution in [2.75, 3.05) is 5.73 Å². The number of anilines is 1. The van der Waals surface area contributed by atoms with Gasteiger partial charge in [-0.15, -0.1) is 0 Å². The maximum Gasteiger partial charge on any atom is 0.140 e. The molecule has 1 aromatic rings. The van der Waals surface area contributed by atoms with E-state index in [4.69, 9.17) is 10.7 Å². The molecule has 0 aromatic carbocycles. The van der Waals surface area contributed by atoms with E-state index in [1.54, 1.807) is 0 Å². The predicted octanol–water partition coefficient (Wildman–Crippen LogP) is 4.47. The van der Waals surface area contributed by atoms with Crippen LogP contribution in [0.4, 0.5) is 5.82 Å². The van der Waals surface area contributed by atoms with Crippen molar-refractivity contribution in [2.45, 2.75) is 64.7 Å². The summed E-state index contributed by atoms with van der Waals surface area (Å²) < 4.78 is 1.03. The molecule has 1 fully saturated rings. The lowest BCUT2D eigenvalue weighted by Crippen LogP contribution is -2.17. The lowest BCUT2D eigenvalue weighted by atomic mass is 9.80. The topological polar surface area (TPSA) is 51.8 Å². The SMILES string of the molecule is CCC1CCC(c2nc(N)c(I)c(C(C)C)n2)CC1. The second-order valence-electron chi connectivity index (χ2n) is 5.95. The average Bonchev–Trinajstić information content (AvgIpc) is 2.41. The minimum Gasteiger partial charge on any atom is -0.383 e. The van der Waals surface area contributed by atoms with Crippen molar-refractivity contribution < 1.29 is 0 Å². The third-order valence-corrected chi connectivity index (χ3v) is 5.36. The van der Waals surface area contributed by atoms with E-state index < -0.39 is 0 Å². The van der Waals surface area contributed by atoms with Crippen LogP contribution >= 0.6 is 22.6 Å². The molecular weight excluding hydrogens is 349 g/mol. The Bertz CT molecular complexity index is 437. The number of rotatable bonds is 3. The van der Waals surface area contributed by atoms with E-state index in [9.17, 15) is 0 Å². The fourth-order valence-corrected chi connectivity index (χ4v) is 3.76. The fraction of sp³-hybridized carbons (Fsp3) is 0.733. The number of nitrogens with two attached hydrogens (primary N) is 1. The molecule has 0 amide bonds. The zero-order chi connectivity index (χ0) is 14.0. The monoisotopic (exact) mass is 373 g/mol. The van der Waals surface area contributed by atoms with Gasteiger partial charge in [-0.05, 0) is 60.1 Å². The Morgan fingerprint density at radius 2 is 1.84 bits per heavy atom. The van der Waals surface area contributed by atoms with Crippen LogP contribution in [0.15, 0.2) is 0 Å². The molecule has 1 aromatic heterocycles. The van der Waals surface area contributed by atoms with Crippen molar-refractivity contribution in [3.63, 3.8) is 0 Å². The van der Waals surface area contributed by atoms with Crippen molar-refractivity contribution in [3.8, 4) is 0 Å². The fourth-order valence-electron chi connectivity index (χ4n) is 2.90. The number of hydrogen-bond donors (Lipinski definition) is 1. The Kier molecular flexibility index (Phi) is 5.03. The van der Waals surface area contributed by atoms with Gasteiger partial charge in [-0.25, -0.2) is 9.97 Å². The van der Waals surface area contributed by atoms with E-state index in [0.29, 0.717) is 17.7 Å². The Balaban J connectivity index is 2.21. The van der Waals surface area contributed by atoms with Gasteiger partial charge in [-0.3, -0.25) is 0 Å². The first kappa shape index (κ1) is 15.0. The third-order valence-electron chi connectivity index (χ3n) is 4.26. The summed E-state index contributed by atoms with van der Waals surface area (Å²) in [5.41, 5.74) is 7.17. The minimum absolute atomic E-state index is 0.405. The standard InChI is InChI=1S/C15H24IN3/c1-4-10-5-7-11(8-6-10)15-18-13(9(2)3)12(16)14(17)19-15/h9-11H,4-8H2,1-3H3,(H2,17,18,19). The average molecular weight is 373 g/mol. The zero-order valence-corrected chi connectivity index (χ0v) is 14.3. The van der Waals surface area contributed by atoms with Gasteiger partial charge in [0, 0.05) is 5.92 Å². The Morgan fingerprint density at radius 3 is 2.37 bits per heavy atom. The highest BCUT2D eigenvalue weighted by molar-refractivity contribution is 14.1. The second-order valence-corrected chi connectivity index (χ2v) is 7.03. The summed E-state index contributed by atoms with van der Waals surface area (Å²) in [6, 6.07) is 0. The van der Waals surface area contributed by atoms with Crippen molar-refractivity contribution in [1.29, 1.82) is 0 Å². The van der Waals surface area contributed by atoms with Gasteiger partial charge < -0.3 is 5.73 Å². The molecule has 19 heavy (non-hydrogen) atoms. The van der Waals surface area contributed by atoms with E-state index in [1.807, 2.05) is 0 Å². The van der Waals surface area contributed by atoms with Crippen LogP contribution in [0, 0.1) is 9.49 Å². The highest BCUT2D eigenvalue weighted by Gasteiger charge is 2.25. The normalized spacial score (nSPS) is 23.8. The number of nitrogens with zero attached hydrogens (tertiary/aromatic N) is 2. The van der Waals surface area contributed by atoms with Crippen LogP contribution in [-0.2, 0) is 0 Å². The molecule has 4 heteroatoms. The van der Waals surface area contributed by atoms with Gasteiger partial charge in [0.05, 0.1) is 9.26 Å². The van der Waals surface area contributed by atoms with Crippen LogP contribution in [0.5, 0.6) is 0 Å². The van der Waals surface area contributed by atoms with Crippen LogP contribution in [0.1, 0.15) is 76.2 Å². The first-order chi connectivity index (χ1) is 9.02. The molecular formula is C15H24IN3. The molecule has 1 aliphatic carbocycles. The number of aromatic nitrogens is 2. The smallest absolute Gasteiger partial charge is 0.140 e. The Labute approximate surface area is 129 Å². The van der Waals surface area contributed by atoms with Gasteiger partial charge in [0.15, 0.2) is 0 Å². The molecule has 2 rings (SSSR count). The molecule has 1 aliphatic rings. The van der Waals surface area contributed by atoms with Gasteiger partial charge in [0.25, 0.3) is 0 Å². The molecule has 0 atom stereocenters. The summed E-state index contributed by atoms with van der Waals surface area (Å²) in [6.45, 7) is 6.63. The van der Waals surface area contributed by atoms with E-state index in [0.717, 1.165) is 21.0 Å². The molecule has 1 heterocycles. The molecule has 0 spiro atoms. The summed E-state index contributed by atoms with van der Waals surface area (Å²) in [7, 11) is 0. The van der Waals surface area contributed by atoms with Crippen LogP contribution in [-0.4, -0.2) is 9.97 Å². The molecule has 0 unspecified atom stereocenters. The van der Waals surface area contributed by atoms with Gasteiger partial charge in [-0.2, -0.15) is 0 Å². The van der Waals surface area contributed by atoms with Crippen molar-refractivity contribution in [1.82, 2.24) is 9.97 Å². The zero-order valence-electron chi connectivity index (χ0n) is 12.1. The molecule has 2 N–H and O–H groups in total. The highest BCUT2D eigenvalue weighted by atomic mass is 127. The lowest BCUT2D eigenvalue weighted by Gasteiger charge is -2.27. The van der Waals surface area contributed by atoms with Gasteiger partial charge >= 0.3 is 0 Å². The Hall–Kier alpha value is -0.390. The van der Waals surface area contributed by atoms with Crippen LogP contribution in [0.25, 0.3) is 0 Å². The summed E-state index contributed by atoms with van der Waals surface area (Å²) in [6.07, 6.45) is 6.37. The second kappa shape index (κ2) is 6.37. The first-order valence-corrected chi connectivity index (χ1v) is 8.43. The first-order valence-electron chi connectivity index (χ1n) is 7.35. The van der Waals surface area contributed by atoms with Crippen LogP contribution in [0.3, 0.4) is 0 Å². The van der Waals surface area contributed by atoms with Gasteiger partial charge in [0.1, 0.15) is 11.6 Å². The number of halogens is 1. The van der Waals surface area contributed by atoms with Crippen LogP contribution in [0.2, 0.25) is 0 Å². The minimum atomic E-state index is 0.405. The van der Waals surface area contributed by atoms with Crippen molar-refractivity contribution in [3.05, 3.63) is 15.1 Å². The maximum absolute atomic E-state index is 6.06. The third kappa shape index (κ3) is 3.38. The van der Waals surface area contributed by atoms with Gasteiger partial charge in [0.2, 0.25) is 0 Å². The predicted molar refractivity (Wildman–Crippen MR) is 88.2 cm³/mol. The molecule has 0 saturated heterocycles. The molecule has 1 saturated carbocycles.